The molecule has 0 aliphatic carbocycles. The Morgan fingerprint density at radius 2 is 2.13 bits per heavy atom. The van der Waals surface area contributed by atoms with Gasteiger partial charge >= 0.3 is 0 Å². The lowest BCUT2D eigenvalue weighted by Gasteiger charge is -2.25. The Bertz CT molecular complexity index is 257. The smallest absolute Gasteiger partial charge is 0.223 e. The minimum Gasteiger partial charge on any atom is -0.391 e. The molecule has 4 nitrogen and oxygen atoms in total. The molecule has 1 aliphatic heterocycles. The Kier molecular flexibility index (Phi) is 3.50. The first-order valence-electron chi connectivity index (χ1n) is 5.26. The van der Waals surface area contributed by atoms with Crippen LogP contribution in [0.1, 0.15) is 33.6 Å². The minimum atomic E-state index is -0.552. The van der Waals surface area contributed by atoms with Crippen molar-refractivity contribution < 1.29 is 14.7 Å². The Morgan fingerprint density at radius 3 is 2.60 bits per heavy atom. The van der Waals surface area contributed by atoms with Crippen LogP contribution in [-0.4, -0.2) is 40.9 Å². The number of aliphatic hydroxyl groups is 1. The van der Waals surface area contributed by atoms with Crippen molar-refractivity contribution in [3.63, 3.8) is 0 Å². The predicted octanol–water partition coefficient (Wildman–Crippen LogP) is 0.583. The summed E-state index contributed by atoms with van der Waals surface area (Å²) in [5, 5.41) is 9.40. The quantitative estimate of drug-likeness (QED) is 0.683. The summed E-state index contributed by atoms with van der Waals surface area (Å²) in [4.78, 5) is 24.0. The molecule has 86 valence electrons. The molecular formula is C11H19NO3. The lowest BCUT2D eigenvalue weighted by Crippen LogP contribution is -2.38. The highest BCUT2D eigenvalue weighted by molar-refractivity contribution is 5.81. The molecule has 1 fully saturated rings. The van der Waals surface area contributed by atoms with Crippen LogP contribution in [0.3, 0.4) is 0 Å². The highest BCUT2D eigenvalue weighted by Gasteiger charge is 2.35. The monoisotopic (exact) mass is 213 g/mol. The van der Waals surface area contributed by atoms with Gasteiger partial charge in [0.05, 0.1) is 12.1 Å². The van der Waals surface area contributed by atoms with E-state index in [4.69, 9.17) is 0 Å². The Labute approximate surface area is 90.3 Å². The number of β-amino-alcohol motifs (C(OH)–C–C–N with tert-alkyl or cyclic N) is 1. The number of likely N-dealkylation sites (tertiary alicyclic amines) is 1. The molecule has 2 atom stereocenters. The fourth-order valence-electron chi connectivity index (χ4n) is 1.81. The van der Waals surface area contributed by atoms with Crippen molar-refractivity contribution in [2.75, 3.05) is 6.54 Å². The molecule has 15 heavy (non-hydrogen) atoms. The summed E-state index contributed by atoms with van der Waals surface area (Å²) in [6.45, 7) is 6.23. The van der Waals surface area contributed by atoms with Crippen molar-refractivity contribution in [1.29, 1.82) is 0 Å². The summed E-state index contributed by atoms with van der Waals surface area (Å²) < 4.78 is 0. The average molecular weight is 213 g/mol. The number of carbonyl (C=O) groups excluding carboxylic acids is 2. The molecule has 0 aromatic rings. The van der Waals surface area contributed by atoms with Crippen molar-refractivity contribution in [3.05, 3.63) is 0 Å². The second kappa shape index (κ2) is 4.31. The standard InChI is InChI=1S/C11H19NO3/c1-11(2,3)5-10(15)12-6-9(14)4-8(12)7-13/h7-9,14H,4-6H2,1-3H3/t8-,9+/m0/s1. The van der Waals surface area contributed by atoms with Gasteiger partial charge in [0, 0.05) is 19.4 Å². The van der Waals surface area contributed by atoms with Crippen LogP contribution in [0.2, 0.25) is 0 Å². The van der Waals surface area contributed by atoms with Crippen LogP contribution >= 0.6 is 0 Å². The van der Waals surface area contributed by atoms with Gasteiger partial charge in [-0.15, -0.1) is 0 Å². The molecule has 1 amide bonds. The van der Waals surface area contributed by atoms with Crippen LogP contribution in [-0.2, 0) is 9.59 Å². The highest BCUT2D eigenvalue weighted by Crippen LogP contribution is 2.24. The first-order valence-corrected chi connectivity index (χ1v) is 5.26. The summed E-state index contributed by atoms with van der Waals surface area (Å²) in [7, 11) is 0. The van der Waals surface area contributed by atoms with E-state index in [2.05, 4.69) is 0 Å². The first kappa shape index (κ1) is 12.2. The fraction of sp³-hybridized carbons (Fsp3) is 0.818. The van der Waals surface area contributed by atoms with Crippen LogP contribution in [0, 0.1) is 5.41 Å². The molecule has 1 aliphatic rings. The molecule has 0 radical (unpaired) electrons. The van der Waals surface area contributed by atoms with Gasteiger partial charge in [0.2, 0.25) is 5.91 Å². The molecule has 0 aromatic heterocycles. The molecule has 4 heteroatoms. The second-order valence-corrected chi connectivity index (χ2v) is 5.38. The van der Waals surface area contributed by atoms with E-state index in [9.17, 15) is 14.7 Å². The average Bonchev–Trinajstić information content (AvgIpc) is 2.43. The highest BCUT2D eigenvalue weighted by atomic mass is 16.3. The van der Waals surface area contributed by atoms with E-state index in [1.165, 1.54) is 4.90 Å². The summed E-state index contributed by atoms with van der Waals surface area (Å²) in [5.41, 5.74) is -0.0853. The third kappa shape index (κ3) is 3.30. The fourth-order valence-corrected chi connectivity index (χ4v) is 1.81. The van der Waals surface area contributed by atoms with Gasteiger partial charge < -0.3 is 14.8 Å². The van der Waals surface area contributed by atoms with Crippen LogP contribution < -0.4 is 0 Å². The largest absolute Gasteiger partial charge is 0.391 e. The molecule has 0 bridgehead atoms. The lowest BCUT2D eigenvalue weighted by atomic mass is 9.91. The number of nitrogens with zero attached hydrogens (tertiary/aromatic N) is 1. The van der Waals surface area contributed by atoms with Crippen molar-refractivity contribution in [1.82, 2.24) is 4.90 Å². The van der Waals surface area contributed by atoms with E-state index in [-0.39, 0.29) is 17.9 Å². The lowest BCUT2D eigenvalue weighted by molar-refractivity contribution is -0.136. The van der Waals surface area contributed by atoms with Crippen LogP contribution in [0.25, 0.3) is 0 Å². The molecule has 0 unspecified atom stereocenters. The SMILES string of the molecule is CC(C)(C)CC(=O)N1C[C@H](O)C[C@H]1C=O. The zero-order valence-corrected chi connectivity index (χ0v) is 9.56. The summed E-state index contributed by atoms with van der Waals surface area (Å²) in [6.07, 6.45) is 0.976. The maximum atomic E-state index is 11.8. The Hall–Kier alpha value is -0.900. The maximum Gasteiger partial charge on any atom is 0.223 e. The number of carbonyl (C=O) groups is 2. The summed E-state index contributed by atoms with van der Waals surface area (Å²) in [6, 6.07) is -0.435. The van der Waals surface area contributed by atoms with E-state index in [1.54, 1.807) is 0 Å². The zero-order chi connectivity index (χ0) is 11.6. The van der Waals surface area contributed by atoms with E-state index >= 15 is 0 Å². The van der Waals surface area contributed by atoms with E-state index in [1.807, 2.05) is 20.8 Å². The molecular weight excluding hydrogens is 194 g/mol. The molecule has 1 saturated heterocycles. The minimum absolute atomic E-state index is 0.0452. The number of amides is 1. The van der Waals surface area contributed by atoms with Gasteiger partial charge in [0.25, 0.3) is 0 Å². The third-order valence-electron chi connectivity index (χ3n) is 2.48. The summed E-state index contributed by atoms with van der Waals surface area (Å²) >= 11 is 0. The number of rotatable bonds is 2. The predicted molar refractivity (Wildman–Crippen MR) is 56.3 cm³/mol. The molecule has 0 aromatic carbocycles. The van der Waals surface area contributed by atoms with Gasteiger partial charge in [-0.05, 0) is 5.41 Å². The Balaban J connectivity index is 2.63. The number of aliphatic hydroxyl groups excluding tert-OH is 1. The topological polar surface area (TPSA) is 57.6 Å². The van der Waals surface area contributed by atoms with Gasteiger partial charge in [0.1, 0.15) is 6.29 Å². The normalized spacial score (nSPS) is 26.8. The van der Waals surface area contributed by atoms with Gasteiger partial charge in [0.15, 0.2) is 0 Å². The van der Waals surface area contributed by atoms with E-state index in [0.717, 1.165) is 6.29 Å². The van der Waals surface area contributed by atoms with Gasteiger partial charge in [-0.25, -0.2) is 0 Å². The van der Waals surface area contributed by atoms with Crippen LogP contribution in [0.5, 0.6) is 0 Å². The maximum absolute atomic E-state index is 11.8. The summed E-state index contributed by atoms with van der Waals surface area (Å²) in [5.74, 6) is -0.0452. The first-order chi connectivity index (χ1) is 6.83. The van der Waals surface area contributed by atoms with E-state index in [0.29, 0.717) is 12.8 Å². The second-order valence-electron chi connectivity index (χ2n) is 5.38. The third-order valence-corrected chi connectivity index (χ3v) is 2.48. The van der Waals surface area contributed by atoms with Crippen LogP contribution in [0.4, 0.5) is 0 Å². The van der Waals surface area contributed by atoms with Crippen molar-refractivity contribution >= 4 is 12.2 Å². The van der Waals surface area contributed by atoms with Gasteiger partial charge in [-0.2, -0.15) is 0 Å². The van der Waals surface area contributed by atoms with Gasteiger partial charge in [-0.1, -0.05) is 20.8 Å². The van der Waals surface area contributed by atoms with E-state index < -0.39 is 12.1 Å². The van der Waals surface area contributed by atoms with Gasteiger partial charge in [-0.3, -0.25) is 4.79 Å². The van der Waals surface area contributed by atoms with Crippen molar-refractivity contribution in [2.45, 2.75) is 45.8 Å². The zero-order valence-electron chi connectivity index (χ0n) is 9.56. The molecule has 0 saturated carbocycles. The number of hydrogen-bond donors (Lipinski definition) is 1. The Morgan fingerprint density at radius 1 is 1.53 bits per heavy atom. The molecule has 0 spiro atoms. The number of aldehydes is 1. The van der Waals surface area contributed by atoms with Crippen molar-refractivity contribution in [3.8, 4) is 0 Å². The number of hydrogen-bond acceptors (Lipinski definition) is 3. The molecule has 1 rings (SSSR count). The van der Waals surface area contributed by atoms with Crippen LogP contribution in [0.15, 0.2) is 0 Å². The molecule has 1 heterocycles. The van der Waals surface area contributed by atoms with Crippen molar-refractivity contribution in [2.24, 2.45) is 5.41 Å². The molecule has 1 N–H and O–H groups in total.